The number of ether oxygens (including phenoxy) is 2. The average Bonchev–Trinajstić information content (AvgIpc) is 2.44. The number of terminal acetylenes is 2. The van der Waals surface area contributed by atoms with E-state index in [1.54, 1.807) is 0 Å². The number of hydrogen-bond acceptors (Lipinski definition) is 2. The molecule has 0 aliphatic rings. The molecular weight excluding hydrogens is 248 g/mol. The van der Waals surface area contributed by atoms with Crippen molar-refractivity contribution >= 4 is 0 Å². The first-order valence-electron chi connectivity index (χ1n) is 7.37. The van der Waals surface area contributed by atoms with E-state index in [-0.39, 0.29) is 6.10 Å². The summed E-state index contributed by atoms with van der Waals surface area (Å²) in [6.45, 7) is 4.71. The van der Waals surface area contributed by atoms with Crippen molar-refractivity contribution in [3.8, 4) is 36.5 Å². The van der Waals surface area contributed by atoms with E-state index >= 15 is 0 Å². The Labute approximate surface area is 124 Å². The maximum Gasteiger partial charge on any atom is 0.222 e. The summed E-state index contributed by atoms with van der Waals surface area (Å²) >= 11 is 0. The summed E-state index contributed by atoms with van der Waals surface area (Å²) in [5.41, 5.74) is 0. The lowest BCUT2D eigenvalue weighted by molar-refractivity contribution is -0.133. The van der Waals surface area contributed by atoms with E-state index in [1.165, 1.54) is 0 Å². The summed E-state index contributed by atoms with van der Waals surface area (Å²) in [5.74, 6) is 11.3. The smallest absolute Gasteiger partial charge is 0.222 e. The first-order chi connectivity index (χ1) is 9.74. The Morgan fingerprint density at radius 3 is 2.45 bits per heavy atom. The van der Waals surface area contributed by atoms with E-state index in [0.29, 0.717) is 13.0 Å². The molecule has 0 bridgehead atoms. The molecule has 0 aromatic rings. The van der Waals surface area contributed by atoms with Gasteiger partial charge in [0.2, 0.25) is 6.29 Å². The maximum absolute atomic E-state index is 5.77. The van der Waals surface area contributed by atoms with Gasteiger partial charge in [0.1, 0.15) is 0 Å². The quantitative estimate of drug-likeness (QED) is 0.343. The summed E-state index contributed by atoms with van der Waals surface area (Å²) in [7, 11) is 0. The highest BCUT2D eigenvalue weighted by molar-refractivity contribution is 5.02. The predicted molar refractivity (Wildman–Crippen MR) is 83.7 cm³/mol. The molecule has 0 spiro atoms. The Balaban J connectivity index is 4.11. The van der Waals surface area contributed by atoms with Gasteiger partial charge >= 0.3 is 0 Å². The Hall–Kier alpha value is -1.40. The molecule has 2 atom stereocenters. The molecule has 0 radical (unpaired) electrons. The number of rotatable bonds is 10. The van der Waals surface area contributed by atoms with Gasteiger partial charge in [0.25, 0.3) is 0 Å². The van der Waals surface area contributed by atoms with Crippen LogP contribution in [0.4, 0.5) is 0 Å². The molecule has 110 valence electrons. The van der Waals surface area contributed by atoms with Crippen molar-refractivity contribution < 1.29 is 9.47 Å². The van der Waals surface area contributed by atoms with Crippen LogP contribution in [0.25, 0.3) is 0 Å². The predicted octanol–water partition coefficient (Wildman–Crippen LogP) is 3.75. The molecule has 0 fully saturated rings. The highest BCUT2D eigenvalue weighted by Gasteiger charge is 2.10. The fraction of sp³-hybridized carbons (Fsp3) is 0.667. The first-order valence-corrected chi connectivity index (χ1v) is 7.37. The molecular formula is C18H26O2. The minimum Gasteiger partial charge on any atom is -0.342 e. The maximum atomic E-state index is 5.77. The average molecular weight is 274 g/mol. The Morgan fingerprint density at radius 2 is 1.80 bits per heavy atom. The fourth-order valence-corrected chi connectivity index (χ4v) is 1.48. The van der Waals surface area contributed by atoms with E-state index in [9.17, 15) is 0 Å². The molecule has 0 rings (SSSR count). The van der Waals surface area contributed by atoms with Crippen LogP contribution in [0.2, 0.25) is 0 Å². The molecule has 0 amide bonds. The topological polar surface area (TPSA) is 18.5 Å². The van der Waals surface area contributed by atoms with Gasteiger partial charge in [-0.25, -0.2) is 0 Å². The summed E-state index contributed by atoms with van der Waals surface area (Å²) in [6.07, 6.45) is 16.2. The SMILES string of the molecule is C#CCCCCOC(C#CCCC)OC(C)CCC#C. The van der Waals surface area contributed by atoms with Crippen LogP contribution in [-0.4, -0.2) is 19.0 Å². The third-order valence-corrected chi connectivity index (χ3v) is 2.63. The molecule has 0 N–H and O–H groups in total. The molecule has 2 unspecified atom stereocenters. The largest absolute Gasteiger partial charge is 0.342 e. The summed E-state index contributed by atoms with van der Waals surface area (Å²) in [4.78, 5) is 0. The summed E-state index contributed by atoms with van der Waals surface area (Å²) in [5, 5.41) is 0. The van der Waals surface area contributed by atoms with Crippen molar-refractivity contribution in [1.29, 1.82) is 0 Å². The standard InChI is InChI=1S/C18H26O2/c1-5-8-11-13-16-19-18(15-12-9-6-2)20-17(4)14-10-7-3/h1,3,17-18H,6,8-11,13-14,16H2,2,4H3. The van der Waals surface area contributed by atoms with E-state index in [4.69, 9.17) is 22.3 Å². The van der Waals surface area contributed by atoms with Crippen molar-refractivity contribution in [3.63, 3.8) is 0 Å². The van der Waals surface area contributed by atoms with Gasteiger partial charge in [-0.1, -0.05) is 12.8 Å². The zero-order valence-electron chi connectivity index (χ0n) is 12.8. The lowest BCUT2D eigenvalue weighted by Gasteiger charge is -2.18. The van der Waals surface area contributed by atoms with Crippen molar-refractivity contribution in [2.75, 3.05) is 6.61 Å². The van der Waals surface area contributed by atoms with Gasteiger partial charge in [-0.05, 0) is 38.5 Å². The van der Waals surface area contributed by atoms with Crippen LogP contribution in [0.1, 0.15) is 58.8 Å². The van der Waals surface area contributed by atoms with Crippen LogP contribution < -0.4 is 0 Å². The third-order valence-electron chi connectivity index (χ3n) is 2.63. The number of unbranched alkanes of at least 4 members (excludes halogenated alkanes) is 3. The molecule has 0 aliphatic heterocycles. The summed E-state index contributed by atoms with van der Waals surface area (Å²) < 4.78 is 11.4. The van der Waals surface area contributed by atoms with Crippen LogP contribution in [-0.2, 0) is 9.47 Å². The van der Waals surface area contributed by atoms with E-state index < -0.39 is 6.29 Å². The van der Waals surface area contributed by atoms with Gasteiger partial charge in [-0.15, -0.1) is 24.7 Å². The third kappa shape index (κ3) is 11.7. The van der Waals surface area contributed by atoms with Gasteiger partial charge in [-0.3, -0.25) is 0 Å². The Morgan fingerprint density at radius 1 is 1.05 bits per heavy atom. The molecule has 0 aliphatic carbocycles. The van der Waals surface area contributed by atoms with Gasteiger partial charge in [0.15, 0.2) is 0 Å². The van der Waals surface area contributed by atoms with Gasteiger partial charge < -0.3 is 9.47 Å². The molecule has 0 aromatic heterocycles. The highest BCUT2D eigenvalue weighted by atomic mass is 16.7. The molecule has 2 nitrogen and oxygen atoms in total. The van der Waals surface area contributed by atoms with Crippen LogP contribution in [0, 0.1) is 36.5 Å². The zero-order chi connectivity index (χ0) is 15.1. The van der Waals surface area contributed by atoms with Gasteiger partial charge in [0.05, 0.1) is 12.7 Å². The van der Waals surface area contributed by atoms with Crippen molar-refractivity contribution in [3.05, 3.63) is 0 Å². The highest BCUT2D eigenvalue weighted by Crippen LogP contribution is 2.07. The van der Waals surface area contributed by atoms with Crippen LogP contribution in [0.3, 0.4) is 0 Å². The van der Waals surface area contributed by atoms with Crippen LogP contribution >= 0.6 is 0 Å². The van der Waals surface area contributed by atoms with Gasteiger partial charge in [-0.2, -0.15) is 0 Å². The zero-order valence-corrected chi connectivity index (χ0v) is 12.8. The molecule has 2 heteroatoms. The lowest BCUT2D eigenvalue weighted by atomic mass is 10.2. The molecule has 0 saturated carbocycles. The van der Waals surface area contributed by atoms with Gasteiger partial charge in [0, 0.05) is 19.3 Å². The second-order valence-corrected chi connectivity index (χ2v) is 4.62. The fourth-order valence-electron chi connectivity index (χ4n) is 1.48. The second kappa shape index (κ2) is 14.0. The monoisotopic (exact) mass is 274 g/mol. The molecule has 0 aromatic carbocycles. The van der Waals surface area contributed by atoms with Crippen molar-refractivity contribution in [1.82, 2.24) is 0 Å². The molecule has 20 heavy (non-hydrogen) atoms. The Kier molecular flexibility index (Phi) is 13.0. The van der Waals surface area contributed by atoms with E-state index in [0.717, 1.165) is 38.5 Å². The second-order valence-electron chi connectivity index (χ2n) is 4.62. The molecule has 0 saturated heterocycles. The minimum atomic E-state index is -0.458. The van der Waals surface area contributed by atoms with Crippen molar-refractivity contribution in [2.45, 2.75) is 71.2 Å². The Bertz CT molecular complexity index is 362. The normalized spacial score (nSPS) is 12.6. The lowest BCUT2D eigenvalue weighted by Crippen LogP contribution is -2.22. The van der Waals surface area contributed by atoms with Crippen LogP contribution in [0.15, 0.2) is 0 Å². The molecule has 0 heterocycles. The van der Waals surface area contributed by atoms with E-state index in [1.807, 2.05) is 6.92 Å². The van der Waals surface area contributed by atoms with Crippen LogP contribution in [0.5, 0.6) is 0 Å². The number of hydrogen-bond donors (Lipinski definition) is 0. The van der Waals surface area contributed by atoms with E-state index in [2.05, 4.69) is 30.6 Å². The minimum absolute atomic E-state index is 0.0534. The first kappa shape index (κ1) is 18.6. The van der Waals surface area contributed by atoms with Crippen molar-refractivity contribution in [2.24, 2.45) is 0 Å². The summed E-state index contributed by atoms with van der Waals surface area (Å²) in [6, 6.07) is 0.